The average molecular weight is 263 g/mol. The smallest absolute Gasteiger partial charge is 0.129 e. The summed E-state index contributed by atoms with van der Waals surface area (Å²) in [5, 5.41) is 10.7. The lowest BCUT2D eigenvalue weighted by molar-refractivity contribution is 0.0422. The molecule has 16 heavy (non-hydrogen) atoms. The highest BCUT2D eigenvalue weighted by molar-refractivity contribution is 6.32. The summed E-state index contributed by atoms with van der Waals surface area (Å²) in [6.45, 7) is 4.62. The Hall–Kier alpha value is -0.350. The third-order valence-corrected chi connectivity index (χ3v) is 2.52. The van der Waals surface area contributed by atoms with E-state index in [0.29, 0.717) is 23.3 Å². The number of aromatic nitrogens is 1. The van der Waals surface area contributed by atoms with E-state index in [4.69, 9.17) is 23.2 Å². The molecular formula is C11H16Cl2N2O. The van der Waals surface area contributed by atoms with Gasteiger partial charge in [0.25, 0.3) is 0 Å². The highest BCUT2D eigenvalue weighted by Gasteiger charge is 2.16. The van der Waals surface area contributed by atoms with E-state index in [1.165, 1.54) is 0 Å². The number of aliphatic hydroxyl groups is 1. The molecule has 5 heteroatoms. The summed E-state index contributed by atoms with van der Waals surface area (Å²) in [5.74, 6) is 0. The zero-order chi connectivity index (χ0) is 12.3. The fraction of sp³-hybridized carbons (Fsp3) is 0.545. The fourth-order valence-corrected chi connectivity index (χ4v) is 1.87. The van der Waals surface area contributed by atoms with E-state index in [9.17, 15) is 5.11 Å². The zero-order valence-corrected chi connectivity index (χ0v) is 11.2. The lowest BCUT2D eigenvalue weighted by atomic mass is 10.1. The van der Waals surface area contributed by atoms with Crippen LogP contribution in [-0.2, 0) is 6.54 Å². The van der Waals surface area contributed by atoms with Crippen LogP contribution in [0.5, 0.6) is 0 Å². The van der Waals surface area contributed by atoms with Gasteiger partial charge >= 0.3 is 0 Å². The van der Waals surface area contributed by atoms with E-state index in [0.717, 1.165) is 5.69 Å². The van der Waals surface area contributed by atoms with E-state index >= 15 is 0 Å². The van der Waals surface area contributed by atoms with Gasteiger partial charge < -0.3 is 5.11 Å². The van der Waals surface area contributed by atoms with Crippen molar-refractivity contribution in [1.82, 2.24) is 9.88 Å². The molecule has 0 atom stereocenters. The fourth-order valence-electron chi connectivity index (χ4n) is 1.54. The number of hydrogen-bond acceptors (Lipinski definition) is 3. The normalized spacial score (nSPS) is 12.2. The van der Waals surface area contributed by atoms with Gasteiger partial charge in [-0.25, -0.2) is 4.98 Å². The van der Waals surface area contributed by atoms with Crippen LogP contribution < -0.4 is 0 Å². The molecule has 1 aromatic heterocycles. The number of pyridine rings is 1. The van der Waals surface area contributed by atoms with Gasteiger partial charge in [0.2, 0.25) is 0 Å². The maximum atomic E-state index is 9.67. The minimum absolute atomic E-state index is 0.427. The Labute approximate surface area is 106 Å². The topological polar surface area (TPSA) is 36.4 Å². The summed E-state index contributed by atoms with van der Waals surface area (Å²) in [5.41, 5.74) is -0.0132. The number of halogens is 2. The number of nitrogens with zero attached hydrogens (tertiary/aromatic N) is 2. The van der Waals surface area contributed by atoms with Crippen molar-refractivity contribution in [2.24, 2.45) is 0 Å². The molecule has 0 saturated heterocycles. The molecule has 0 aromatic carbocycles. The first-order valence-electron chi connectivity index (χ1n) is 5.00. The monoisotopic (exact) mass is 262 g/mol. The quantitative estimate of drug-likeness (QED) is 0.848. The molecule has 0 aliphatic heterocycles. The molecule has 0 saturated carbocycles. The van der Waals surface area contributed by atoms with Gasteiger partial charge in [-0.3, -0.25) is 4.90 Å². The molecule has 0 fully saturated rings. The zero-order valence-electron chi connectivity index (χ0n) is 9.67. The van der Waals surface area contributed by atoms with Crippen LogP contribution in [0.1, 0.15) is 19.5 Å². The summed E-state index contributed by atoms with van der Waals surface area (Å²) in [7, 11) is 1.90. The largest absolute Gasteiger partial charge is 0.389 e. The van der Waals surface area contributed by atoms with Gasteiger partial charge in [-0.15, -0.1) is 0 Å². The third-order valence-electron chi connectivity index (χ3n) is 1.96. The van der Waals surface area contributed by atoms with Crippen molar-refractivity contribution in [2.45, 2.75) is 26.0 Å². The molecule has 1 heterocycles. The lowest BCUT2D eigenvalue weighted by Gasteiger charge is -2.25. The number of likely N-dealkylation sites (N-methyl/N-ethyl adjacent to an activating group) is 1. The van der Waals surface area contributed by atoms with Crippen LogP contribution in [0, 0.1) is 0 Å². The van der Waals surface area contributed by atoms with Gasteiger partial charge in [0.05, 0.1) is 16.3 Å². The third kappa shape index (κ3) is 4.66. The minimum atomic E-state index is -0.736. The lowest BCUT2D eigenvalue weighted by Crippen LogP contribution is -2.36. The summed E-state index contributed by atoms with van der Waals surface area (Å²) in [6.07, 6.45) is 0. The molecule has 0 bridgehead atoms. The van der Waals surface area contributed by atoms with Crippen molar-refractivity contribution in [3.63, 3.8) is 0 Å². The summed E-state index contributed by atoms with van der Waals surface area (Å²) in [6, 6.07) is 3.38. The number of hydrogen-bond donors (Lipinski definition) is 1. The standard InChI is InChI=1S/C11H16Cl2N2O/c1-11(2,16)7-15(3)6-9-8(12)4-5-10(13)14-9/h4-5,16H,6-7H2,1-3H3. The van der Waals surface area contributed by atoms with Crippen LogP contribution in [0.25, 0.3) is 0 Å². The molecule has 90 valence electrons. The van der Waals surface area contributed by atoms with Gasteiger partial charge in [-0.1, -0.05) is 23.2 Å². The Morgan fingerprint density at radius 1 is 1.38 bits per heavy atom. The second-order valence-electron chi connectivity index (χ2n) is 4.55. The first-order chi connectivity index (χ1) is 7.28. The summed E-state index contributed by atoms with van der Waals surface area (Å²) < 4.78 is 0. The van der Waals surface area contributed by atoms with Crippen molar-refractivity contribution < 1.29 is 5.11 Å². The summed E-state index contributed by atoms with van der Waals surface area (Å²) >= 11 is 11.8. The van der Waals surface area contributed by atoms with Crippen molar-refractivity contribution in [1.29, 1.82) is 0 Å². The van der Waals surface area contributed by atoms with Gasteiger partial charge in [0.1, 0.15) is 5.15 Å². The minimum Gasteiger partial charge on any atom is -0.389 e. The van der Waals surface area contributed by atoms with Crippen LogP contribution in [0.3, 0.4) is 0 Å². The second kappa shape index (κ2) is 5.32. The second-order valence-corrected chi connectivity index (χ2v) is 5.34. The van der Waals surface area contributed by atoms with Gasteiger partial charge in [-0.2, -0.15) is 0 Å². The molecule has 0 amide bonds. The Kier molecular flexibility index (Phi) is 4.56. The molecule has 3 nitrogen and oxygen atoms in total. The van der Waals surface area contributed by atoms with Crippen LogP contribution in [0.15, 0.2) is 12.1 Å². The Bertz CT molecular complexity index is 363. The van der Waals surface area contributed by atoms with Crippen molar-refractivity contribution >= 4 is 23.2 Å². The SMILES string of the molecule is CN(Cc1nc(Cl)ccc1Cl)CC(C)(C)O. The Balaban J connectivity index is 2.69. The van der Waals surface area contributed by atoms with Crippen LogP contribution in [-0.4, -0.2) is 34.2 Å². The van der Waals surface area contributed by atoms with Crippen LogP contribution >= 0.6 is 23.2 Å². The van der Waals surface area contributed by atoms with Gasteiger partial charge in [0, 0.05) is 13.1 Å². The molecule has 0 aliphatic rings. The Morgan fingerprint density at radius 3 is 2.56 bits per heavy atom. The summed E-state index contributed by atoms with van der Waals surface area (Å²) in [4.78, 5) is 6.10. The predicted octanol–water partition coefficient (Wildman–Crippen LogP) is 2.59. The molecule has 1 aromatic rings. The van der Waals surface area contributed by atoms with Crippen molar-refractivity contribution in [2.75, 3.05) is 13.6 Å². The maximum absolute atomic E-state index is 9.67. The molecule has 0 aliphatic carbocycles. The van der Waals surface area contributed by atoms with Crippen molar-refractivity contribution in [3.05, 3.63) is 28.0 Å². The van der Waals surface area contributed by atoms with E-state index < -0.39 is 5.60 Å². The van der Waals surface area contributed by atoms with Gasteiger partial charge in [-0.05, 0) is 33.0 Å². The van der Waals surface area contributed by atoms with Crippen molar-refractivity contribution in [3.8, 4) is 0 Å². The van der Waals surface area contributed by atoms with E-state index in [-0.39, 0.29) is 0 Å². The van der Waals surface area contributed by atoms with Gasteiger partial charge in [0.15, 0.2) is 0 Å². The van der Waals surface area contributed by atoms with E-state index in [1.807, 2.05) is 11.9 Å². The first-order valence-corrected chi connectivity index (χ1v) is 5.75. The molecule has 1 N–H and O–H groups in total. The predicted molar refractivity (Wildman–Crippen MR) is 66.9 cm³/mol. The molecule has 0 unspecified atom stereocenters. The van der Waals surface area contributed by atoms with Crippen LogP contribution in [0.4, 0.5) is 0 Å². The molecule has 0 radical (unpaired) electrons. The first kappa shape index (κ1) is 13.7. The molecular weight excluding hydrogens is 247 g/mol. The molecule has 0 spiro atoms. The highest BCUT2D eigenvalue weighted by Crippen LogP contribution is 2.18. The number of rotatable bonds is 4. The maximum Gasteiger partial charge on any atom is 0.129 e. The van der Waals surface area contributed by atoms with E-state index in [2.05, 4.69) is 4.98 Å². The van der Waals surface area contributed by atoms with E-state index in [1.54, 1.807) is 26.0 Å². The highest BCUT2D eigenvalue weighted by atomic mass is 35.5. The Morgan fingerprint density at radius 2 is 2.00 bits per heavy atom. The molecule has 1 rings (SSSR count). The van der Waals surface area contributed by atoms with Crippen LogP contribution in [0.2, 0.25) is 10.2 Å². The average Bonchev–Trinajstić information content (AvgIpc) is 2.08.